The van der Waals surface area contributed by atoms with Gasteiger partial charge >= 0.3 is 0 Å². The highest BCUT2D eigenvalue weighted by Gasteiger charge is 2.32. The number of ketones is 1. The number of carbonyl (C=O) groups excluding carboxylic acids is 2. The fourth-order valence-corrected chi connectivity index (χ4v) is 2.72. The van der Waals surface area contributed by atoms with E-state index in [2.05, 4.69) is 15.6 Å². The molecule has 1 aromatic rings. The second kappa shape index (κ2) is 6.01. The third-order valence-electron chi connectivity index (χ3n) is 3.87. The smallest absolute Gasteiger partial charge is 0.261 e. The van der Waals surface area contributed by atoms with Crippen molar-refractivity contribution in [3.05, 3.63) is 41.9 Å². The molecule has 1 aromatic heterocycles. The van der Waals surface area contributed by atoms with E-state index in [0.29, 0.717) is 17.0 Å². The zero-order chi connectivity index (χ0) is 15.5. The van der Waals surface area contributed by atoms with Gasteiger partial charge in [-0.3, -0.25) is 14.6 Å². The molecule has 0 aromatic carbocycles. The van der Waals surface area contributed by atoms with E-state index in [4.69, 9.17) is 4.74 Å². The predicted molar refractivity (Wildman–Crippen MR) is 81.4 cm³/mol. The number of nitrogens with zero attached hydrogens (tertiary/aromatic N) is 1. The van der Waals surface area contributed by atoms with Crippen LogP contribution in [0.1, 0.15) is 19.3 Å². The number of fused-ring (bicyclic) bond motifs is 1. The van der Waals surface area contributed by atoms with E-state index in [1.54, 1.807) is 12.3 Å². The number of methoxy groups -OCH3 is 1. The number of pyridine rings is 1. The molecule has 0 saturated heterocycles. The summed E-state index contributed by atoms with van der Waals surface area (Å²) in [4.78, 5) is 28.8. The number of nitrogens with one attached hydrogen (secondary N) is 2. The van der Waals surface area contributed by atoms with Crippen LogP contribution in [0.25, 0.3) is 0 Å². The van der Waals surface area contributed by atoms with Crippen LogP contribution in [-0.2, 0) is 9.59 Å². The first-order chi connectivity index (χ1) is 10.7. The number of allylic oxidation sites excluding steroid dienone is 1. The Kier molecular flexibility index (Phi) is 3.91. The van der Waals surface area contributed by atoms with Crippen molar-refractivity contribution < 1.29 is 14.3 Å². The Morgan fingerprint density at radius 2 is 2.36 bits per heavy atom. The molecule has 0 bridgehead atoms. The molecule has 2 heterocycles. The third-order valence-corrected chi connectivity index (χ3v) is 3.87. The molecule has 1 aliphatic heterocycles. The number of aromatic nitrogens is 1. The van der Waals surface area contributed by atoms with Crippen molar-refractivity contribution >= 4 is 17.4 Å². The SMILES string of the molecule is COc1ccncc1NC(=O)C1=CNC2CCCC=C2C1=O. The number of ether oxygens (including phenoxy) is 1. The summed E-state index contributed by atoms with van der Waals surface area (Å²) in [5.41, 5.74) is 1.23. The molecule has 6 heteroatoms. The Bertz CT molecular complexity index is 679. The van der Waals surface area contributed by atoms with Gasteiger partial charge in [-0.05, 0) is 19.3 Å². The molecule has 2 N–H and O–H groups in total. The Labute approximate surface area is 128 Å². The van der Waals surface area contributed by atoms with Crippen LogP contribution in [0.2, 0.25) is 0 Å². The van der Waals surface area contributed by atoms with E-state index in [1.807, 2.05) is 6.08 Å². The first kappa shape index (κ1) is 14.3. The number of carbonyl (C=O) groups is 2. The fourth-order valence-electron chi connectivity index (χ4n) is 2.72. The lowest BCUT2D eigenvalue weighted by Crippen LogP contribution is -2.40. The molecular weight excluding hydrogens is 282 g/mol. The zero-order valence-electron chi connectivity index (χ0n) is 12.3. The maximum absolute atomic E-state index is 12.5. The van der Waals surface area contributed by atoms with E-state index >= 15 is 0 Å². The quantitative estimate of drug-likeness (QED) is 0.828. The van der Waals surface area contributed by atoms with Crippen LogP contribution in [0, 0.1) is 0 Å². The molecule has 0 spiro atoms. The van der Waals surface area contributed by atoms with Gasteiger partial charge < -0.3 is 15.4 Å². The Balaban J connectivity index is 1.81. The predicted octanol–water partition coefficient (Wildman–Crippen LogP) is 1.56. The highest BCUT2D eigenvalue weighted by atomic mass is 16.5. The Morgan fingerprint density at radius 1 is 1.50 bits per heavy atom. The molecule has 22 heavy (non-hydrogen) atoms. The number of anilines is 1. The van der Waals surface area contributed by atoms with Gasteiger partial charge in [0.25, 0.3) is 5.91 Å². The maximum atomic E-state index is 12.5. The molecule has 1 atom stereocenters. The van der Waals surface area contributed by atoms with Crippen LogP contribution in [0.15, 0.2) is 41.9 Å². The van der Waals surface area contributed by atoms with E-state index in [1.165, 1.54) is 19.5 Å². The van der Waals surface area contributed by atoms with Gasteiger partial charge in [0.1, 0.15) is 17.0 Å². The summed E-state index contributed by atoms with van der Waals surface area (Å²) in [7, 11) is 1.51. The molecule has 114 valence electrons. The monoisotopic (exact) mass is 299 g/mol. The largest absolute Gasteiger partial charge is 0.494 e. The number of rotatable bonds is 3. The van der Waals surface area contributed by atoms with Crippen LogP contribution in [-0.4, -0.2) is 29.8 Å². The van der Waals surface area contributed by atoms with Crippen LogP contribution >= 0.6 is 0 Å². The molecule has 0 fully saturated rings. The molecule has 2 aliphatic rings. The topological polar surface area (TPSA) is 80.3 Å². The maximum Gasteiger partial charge on any atom is 0.261 e. The lowest BCUT2D eigenvalue weighted by molar-refractivity contribution is -0.118. The minimum Gasteiger partial charge on any atom is -0.494 e. The Hall–Kier alpha value is -2.63. The molecule has 3 rings (SSSR count). The average Bonchev–Trinajstić information content (AvgIpc) is 2.56. The minimum atomic E-state index is -0.464. The summed E-state index contributed by atoms with van der Waals surface area (Å²) in [5.74, 6) is -0.174. The first-order valence-corrected chi connectivity index (χ1v) is 7.21. The van der Waals surface area contributed by atoms with E-state index in [0.717, 1.165) is 19.3 Å². The highest BCUT2D eigenvalue weighted by molar-refractivity contribution is 6.29. The van der Waals surface area contributed by atoms with Gasteiger partial charge in [0.15, 0.2) is 5.78 Å². The van der Waals surface area contributed by atoms with Gasteiger partial charge in [0.2, 0.25) is 0 Å². The summed E-state index contributed by atoms with van der Waals surface area (Å²) in [6.07, 6.45) is 9.34. The second-order valence-corrected chi connectivity index (χ2v) is 5.23. The van der Waals surface area contributed by atoms with Crippen LogP contribution in [0.3, 0.4) is 0 Å². The molecular formula is C16H17N3O3. The standard InChI is InChI=1S/C16H17N3O3/c1-22-14-6-7-17-9-13(14)19-16(21)11-8-18-12-5-3-2-4-10(12)15(11)20/h4,6-9,12,18H,2-3,5H2,1H3,(H,19,21). The molecule has 1 unspecified atom stereocenters. The van der Waals surface area contributed by atoms with Crippen molar-refractivity contribution in [3.63, 3.8) is 0 Å². The van der Waals surface area contributed by atoms with Crippen molar-refractivity contribution in [1.82, 2.24) is 10.3 Å². The summed E-state index contributed by atoms with van der Waals surface area (Å²) < 4.78 is 5.16. The first-order valence-electron chi connectivity index (χ1n) is 7.21. The average molecular weight is 299 g/mol. The summed E-state index contributed by atoms with van der Waals surface area (Å²) in [5, 5.41) is 5.81. The van der Waals surface area contributed by atoms with Crippen molar-refractivity contribution in [1.29, 1.82) is 0 Å². The number of amides is 1. The van der Waals surface area contributed by atoms with Crippen molar-refractivity contribution in [2.75, 3.05) is 12.4 Å². The zero-order valence-corrected chi connectivity index (χ0v) is 12.3. The van der Waals surface area contributed by atoms with Gasteiger partial charge in [-0.1, -0.05) is 6.08 Å². The summed E-state index contributed by atoms with van der Waals surface area (Å²) in [6, 6.07) is 1.68. The normalized spacial score (nSPS) is 20.2. The third kappa shape index (κ3) is 2.59. The lowest BCUT2D eigenvalue weighted by Gasteiger charge is -2.28. The number of hydrogen-bond donors (Lipinski definition) is 2. The van der Waals surface area contributed by atoms with Crippen LogP contribution < -0.4 is 15.4 Å². The molecule has 0 radical (unpaired) electrons. The van der Waals surface area contributed by atoms with Gasteiger partial charge in [-0.15, -0.1) is 0 Å². The highest BCUT2D eigenvalue weighted by Crippen LogP contribution is 2.27. The molecule has 1 amide bonds. The minimum absolute atomic E-state index is 0.0331. The molecule has 1 aliphatic carbocycles. The summed E-state index contributed by atoms with van der Waals surface area (Å²) in [6.45, 7) is 0. The lowest BCUT2D eigenvalue weighted by atomic mass is 9.86. The van der Waals surface area contributed by atoms with Crippen molar-refractivity contribution in [2.24, 2.45) is 0 Å². The molecule has 0 saturated carbocycles. The van der Waals surface area contributed by atoms with Gasteiger partial charge in [0, 0.05) is 24.0 Å². The Morgan fingerprint density at radius 3 is 3.18 bits per heavy atom. The van der Waals surface area contributed by atoms with Crippen LogP contribution in [0.5, 0.6) is 5.75 Å². The molecule has 6 nitrogen and oxygen atoms in total. The van der Waals surface area contributed by atoms with Gasteiger partial charge in [-0.25, -0.2) is 0 Å². The number of hydrogen-bond acceptors (Lipinski definition) is 5. The van der Waals surface area contributed by atoms with E-state index in [9.17, 15) is 9.59 Å². The number of Topliss-reactive ketones (excluding diaryl/α,β-unsaturated/α-hetero) is 1. The van der Waals surface area contributed by atoms with Crippen molar-refractivity contribution in [3.8, 4) is 5.75 Å². The second-order valence-electron chi connectivity index (χ2n) is 5.23. The van der Waals surface area contributed by atoms with Crippen LogP contribution in [0.4, 0.5) is 5.69 Å². The van der Waals surface area contributed by atoms with Crippen molar-refractivity contribution in [2.45, 2.75) is 25.3 Å². The fraction of sp³-hybridized carbons (Fsp3) is 0.312. The van der Waals surface area contributed by atoms with Gasteiger partial charge in [0.05, 0.1) is 19.3 Å². The van der Waals surface area contributed by atoms with E-state index < -0.39 is 5.91 Å². The summed E-state index contributed by atoms with van der Waals surface area (Å²) >= 11 is 0. The van der Waals surface area contributed by atoms with Gasteiger partial charge in [-0.2, -0.15) is 0 Å². The van der Waals surface area contributed by atoms with E-state index in [-0.39, 0.29) is 17.4 Å².